The molecule has 1 aromatic heterocycles. The van der Waals surface area contributed by atoms with Crippen LogP contribution in [-0.4, -0.2) is 62.1 Å². The molecular formula is C29H40N2O8. The van der Waals surface area contributed by atoms with Crippen molar-refractivity contribution < 1.29 is 38.1 Å². The summed E-state index contributed by atoms with van der Waals surface area (Å²) in [6.07, 6.45) is 2.13. The first kappa shape index (κ1) is 31.6. The van der Waals surface area contributed by atoms with Gasteiger partial charge in [-0.05, 0) is 30.7 Å². The minimum Gasteiger partial charge on any atom is -0.493 e. The van der Waals surface area contributed by atoms with Crippen LogP contribution in [0.2, 0.25) is 0 Å². The van der Waals surface area contributed by atoms with Crippen LogP contribution in [0, 0.1) is 11.8 Å². The first-order valence-electron chi connectivity index (χ1n) is 13.1. The van der Waals surface area contributed by atoms with E-state index in [2.05, 4.69) is 43.2 Å². The smallest absolute Gasteiger partial charge is 0.325 e. The maximum atomic E-state index is 12.8. The number of benzene rings is 1. The minimum atomic E-state index is -0.681. The maximum Gasteiger partial charge on any atom is 0.325 e. The number of hydrogen-bond donors (Lipinski definition) is 1. The Balaban J connectivity index is 2.05. The van der Waals surface area contributed by atoms with E-state index in [0.29, 0.717) is 12.5 Å². The largest absolute Gasteiger partial charge is 0.493 e. The van der Waals surface area contributed by atoms with E-state index in [1.165, 1.54) is 31.9 Å². The number of esters is 2. The van der Waals surface area contributed by atoms with Gasteiger partial charge < -0.3 is 29.0 Å². The highest BCUT2D eigenvalue weighted by Gasteiger charge is 2.30. The number of methoxy groups -OCH3 is 1. The SMILES string of the molecule is CC[C@H](Cc1ccccc1)[C@@H](OCC(C)C)[C@H](C)OC(=O)CNC(=O)c1nccc(OC)c1OCOC(C)=O. The molecule has 0 radical (unpaired) electrons. The monoisotopic (exact) mass is 544 g/mol. The van der Waals surface area contributed by atoms with Gasteiger partial charge in [-0.25, -0.2) is 4.98 Å². The van der Waals surface area contributed by atoms with E-state index in [1.807, 2.05) is 25.1 Å². The zero-order chi connectivity index (χ0) is 28.8. The summed E-state index contributed by atoms with van der Waals surface area (Å²) in [6, 6.07) is 11.6. The average molecular weight is 545 g/mol. The van der Waals surface area contributed by atoms with Gasteiger partial charge in [0.15, 0.2) is 17.2 Å². The quantitative estimate of drug-likeness (QED) is 0.247. The van der Waals surface area contributed by atoms with E-state index in [-0.39, 0.29) is 29.2 Å². The summed E-state index contributed by atoms with van der Waals surface area (Å²) in [4.78, 5) is 40.7. The van der Waals surface area contributed by atoms with E-state index < -0.39 is 37.3 Å². The van der Waals surface area contributed by atoms with E-state index in [4.69, 9.17) is 23.7 Å². The molecule has 0 saturated heterocycles. The van der Waals surface area contributed by atoms with Gasteiger partial charge in [0.25, 0.3) is 5.91 Å². The second-order valence-electron chi connectivity index (χ2n) is 9.52. The second kappa shape index (κ2) is 16.3. The van der Waals surface area contributed by atoms with Crippen molar-refractivity contribution in [3.8, 4) is 11.5 Å². The number of pyridine rings is 1. The van der Waals surface area contributed by atoms with Gasteiger partial charge in [0.1, 0.15) is 12.6 Å². The molecule has 1 amide bonds. The molecule has 0 saturated carbocycles. The summed E-state index contributed by atoms with van der Waals surface area (Å²) in [5.41, 5.74) is 1.06. The summed E-state index contributed by atoms with van der Waals surface area (Å²) in [5, 5.41) is 2.51. The number of carbonyl (C=O) groups is 3. The lowest BCUT2D eigenvalue weighted by Crippen LogP contribution is -2.41. The van der Waals surface area contributed by atoms with Crippen molar-refractivity contribution in [3.63, 3.8) is 0 Å². The predicted molar refractivity (Wildman–Crippen MR) is 144 cm³/mol. The topological polar surface area (TPSA) is 122 Å². The Labute approximate surface area is 230 Å². The standard InChI is InChI=1S/C29H40N2O8/c1-7-23(15-22-11-9-8-10-12-22)27(36-17-19(2)3)20(4)39-25(33)16-31-29(34)26-28(38-18-37-21(5)32)24(35-6)13-14-30-26/h8-14,19-20,23,27H,7,15-18H2,1-6H3,(H,31,34)/t20-,23+,27-/m0/s1. The molecule has 0 fully saturated rings. The van der Waals surface area contributed by atoms with Gasteiger partial charge in [0, 0.05) is 25.8 Å². The van der Waals surface area contributed by atoms with E-state index in [9.17, 15) is 14.4 Å². The number of nitrogens with zero attached hydrogens (tertiary/aromatic N) is 1. The summed E-state index contributed by atoms with van der Waals surface area (Å²) < 4.78 is 27.4. The van der Waals surface area contributed by atoms with E-state index in [0.717, 1.165) is 12.8 Å². The first-order valence-corrected chi connectivity index (χ1v) is 13.1. The number of carbonyl (C=O) groups excluding carboxylic acids is 3. The molecular weight excluding hydrogens is 504 g/mol. The van der Waals surface area contributed by atoms with Gasteiger partial charge in [-0.1, -0.05) is 57.5 Å². The van der Waals surface area contributed by atoms with Gasteiger partial charge in [0.2, 0.25) is 6.79 Å². The lowest BCUT2D eigenvalue weighted by Gasteiger charge is -2.32. The Morgan fingerprint density at radius 1 is 1.05 bits per heavy atom. The van der Waals surface area contributed by atoms with Crippen molar-refractivity contribution in [2.45, 2.75) is 59.7 Å². The molecule has 10 heteroatoms. The molecule has 1 aromatic carbocycles. The third kappa shape index (κ3) is 10.6. The number of nitrogens with one attached hydrogen (secondary N) is 1. The first-order chi connectivity index (χ1) is 18.7. The Morgan fingerprint density at radius 2 is 1.77 bits per heavy atom. The average Bonchev–Trinajstić information content (AvgIpc) is 2.91. The molecule has 1 heterocycles. The zero-order valence-corrected chi connectivity index (χ0v) is 23.6. The Morgan fingerprint density at radius 3 is 2.38 bits per heavy atom. The maximum absolute atomic E-state index is 12.8. The lowest BCUT2D eigenvalue weighted by molar-refractivity contribution is -0.159. The lowest BCUT2D eigenvalue weighted by atomic mass is 9.89. The van der Waals surface area contributed by atoms with Crippen LogP contribution in [0.25, 0.3) is 0 Å². The van der Waals surface area contributed by atoms with E-state index in [1.54, 1.807) is 0 Å². The van der Waals surface area contributed by atoms with Gasteiger partial charge >= 0.3 is 11.9 Å². The molecule has 214 valence electrons. The summed E-state index contributed by atoms with van der Waals surface area (Å²) in [6.45, 7) is 8.98. The van der Waals surface area contributed by atoms with Crippen molar-refractivity contribution in [1.82, 2.24) is 10.3 Å². The Bertz CT molecular complexity index is 1060. The van der Waals surface area contributed by atoms with E-state index >= 15 is 0 Å². The van der Waals surface area contributed by atoms with Gasteiger partial charge in [-0.15, -0.1) is 0 Å². The minimum absolute atomic E-state index is 0.0191. The summed E-state index contributed by atoms with van der Waals surface area (Å²) >= 11 is 0. The summed E-state index contributed by atoms with van der Waals surface area (Å²) in [7, 11) is 1.40. The molecule has 39 heavy (non-hydrogen) atoms. The van der Waals surface area contributed by atoms with Crippen LogP contribution in [0.1, 0.15) is 57.1 Å². The fourth-order valence-electron chi connectivity index (χ4n) is 3.98. The fraction of sp³-hybridized carbons (Fsp3) is 0.517. The number of hydrogen-bond acceptors (Lipinski definition) is 9. The predicted octanol–water partition coefficient (Wildman–Crippen LogP) is 3.96. The molecule has 1 N–H and O–H groups in total. The van der Waals surface area contributed by atoms with Gasteiger partial charge in [0.05, 0.1) is 13.2 Å². The zero-order valence-electron chi connectivity index (χ0n) is 23.6. The number of rotatable bonds is 16. The molecule has 10 nitrogen and oxygen atoms in total. The highest BCUT2D eigenvalue weighted by Crippen LogP contribution is 2.29. The Kier molecular flexibility index (Phi) is 13.2. The number of ether oxygens (including phenoxy) is 5. The normalized spacial score (nSPS) is 13.2. The third-order valence-corrected chi connectivity index (χ3v) is 5.89. The molecule has 0 bridgehead atoms. The molecule has 3 atom stereocenters. The second-order valence-corrected chi connectivity index (χ2v) is 9.52. The fourth-order valence-corrected chi connectivity index (χ4v) is 3.98. The van der Waals surface area contributed by atoms with Crippen LogP contribution in [0.15, 0.2) is 42.6 Å². The van der Waals surface area contributed by atoms with Crippen molar-refractivity contribution in [2.75, 3.05) is 27.1 Å². The van der Waals surface area contributed by atoms with Crippen LogP contribution in [0.4, 0.5) is 0 Å². The molecule has 0 spiro atoms. The van der Waals surface area contributed by atoms with Crippen LogP contribution >= 0.6 is 0 Å². The molecule has 0 aliphatic heterocycles. The van der Waals surface area contributed by atoms with Crippen LogP contribution in [0.3, 0.4) is 0 Å². The highest BCUT2D eigenvalue weighted by molar-refractivity contribution is 5.97. The Hall–Kier alpha value is -3.66. The number of amides is 1. The van der Waals surface area contributed by atoms with Crippen molar-refractivity contribution in [2.24, 2.45) is 11.8 Å². The molecule has 2 aromatic rings. The van der Waals surface area contributed by atoms with Crippen molar-refractivity contribution in [1.29, 1.82) is 0 Å². The molecule has 0 aliphatic carbocycles. The van der Waals surface area contributed by atoms with Crippen LogP contribution in [-0.2, 0) is 30.2 Å². The highest BCUT2D eigenvalue weighted by atomic mass is 16.7. The van der Waals surface area contributed by atoms with Crippen molar-refractivity contribution in [3.05, 3.63) is 53.9 Å². The summed E-state index contributed by atoms with van der Waals surface area (Å²) in [5.74, 6) is -1.21. The molecule has 2 rings (SSSR count). The van der Waals surface area contributed by atoms with Gasteiger partial charge in [-0.2, -0.15) is 0 Å². The molecule has 0 unspecified atom stereocenters. The third-order valence-electron chi connectivity index (χ3n) is 5.89. The van der Waals surface area contributed by atoms with Crippen LogP contribution < -0.4 is 14.8 Å². The molecule has 0 aliphatic rings. The van der Waals surface area contributed by atoms with Crippen LogP contribution in [0.5, 0.6) is 11.5 Å². The number of aromatic nitrogens is 1. The van der Waals surface area contributed by atoms with Crippen molar-refractivity contribution >= 4 is 17.8 Å². The van der Waals surface area contributed by atoms with Gasteiger partial charge in [-0.3, -0.25) is 14.4 Å².